The number of hydrogen-bond donors (Lipinski definition) is 3. The number of benzene rings is 1. The number of ether oxygens (including phenoxy) is 3. The van der Waals surface area contributed by atoms with Crippen molar-refractivity contribution in [1.82, 2.24) is 0 Å². The zero-order valence-corrected chi connectivity index (χ0v) is 15.9. The smallest absolute Gasteiger partial charge is 0.251 e. The first-order valence-electron chi connectivity index (χ1n) is 8.30. The number of carbonyl (C=O) groups excluding carboxylic acids is 2. The van der Waals surface area contributed by atoms with Gasteiger partial charge in [-0.25, -0.2) is 0 Å². The van der Waals surface area contributed by atoms with Gasteiger partial charge in [-0.15, -0.1) is 11.3 Å². The van der Waals surface area contributed by atoms with E-state index in [2.05, 4.69) is 10.6 Å². The number of carbonyl (C=O) groups is 2. The number of thiophene rings is 1. The van der Waals surface area contributed by atoms with Crippen molar-refractivity contribution in [2.24, 2.45) is 5.73 Å². The molecule has 3 rings (SSSR count). The molecule has 0 spiro atoms. The average Bonchev–Trinajstić information content (AvgIpc) is 3.03. The van der Waals surface area contributed by atoms with Crippen molar-refractivity contribution in [3.63, 3.8) is 0 Å². The van der Waals surface area contributed by atoms with Gasteiger partial charge >= 0.3 is 0 Å². The highest BCUT2D eigenvalue weighted by atomic mass is 32.1. The lowest BCUT2D eigenvalue weighted by Crippen LogP contribution is -2.23. The summed E-state index contributed by atoms with van der Waals surface area (Å²) in [6, 6.07) is 5.25. The fraction of sp³-hybridized carbons (Fsp3) is 0.333. The number of nitrogens with two attached hydrogens (primary N) is 1. The molecule has 27 heavy (non-hydrogen) atoms. The SMILES string of the molecule is COc1cc(NCC(=O)Nc2sc3c(c2C(N)=O)CCOC3)cc(OC)c1. The van der Waals surface area contributed by atoms with Crippen molar-refractivity contribution < 1.29 is 23.8 Å². The van der Waals surface area contributed by atoms with Crippen molar-refractivity contribution in [3.8, 4) is 11.5 Å². The number of methoxy groups -OCH3 is 2. The van der Waals surface area contributed by atoms with Gasteiger partial charge < -0.3 is 30.6 Å². The van der Waals surface area contributed by atoms with Crippen LogP contribution >= 0.6 is 11.3 Å². The van der Waals surface area contributed by atoms with E-state index in [0.29, 0.717) is 47.4 Å². The quantitative estimate of drug-likeness (QED) is 0.665. The zero-order valence-electron chi connectivity index (χ0n) is 15.1. The predicted octanol–water partition coefficient (Wildman–Crippen LogP) is 1.99. The van der Waals surface area contributed by atoms with Gasteiger partial charge in [0.15, 0.2) is 0 Å². The van der Waals surface area contributed by atoms with E-state index in [1.807, 2.05) is 0 Å². The van der Waals surface area contributed by atoms with Gasteiger partial charge in [0.05, 0.1) is 39.5 Å². The molecule has 0 unspecified atom stereocenters. The van der Waals surface area contributed by atoms with Crippen molar-refractivity contribution in [1.29, 1.82) is 0 Å². The van der Waals surface area contributed by atoms with Crippen LogP contribution in [0.15, 0.2) is 18.2 Å². The molecule has 0 aliphatic carbocycles. The minimum atomic E-state index is -0.546. The molecule has 144 valence electrons. The Hall–Kier alpha value is -2.78. The maximum atomic E-state index is 12.4. The third-order valence-electron chi connectivity index (χ3n) is 4.12. The topological polar surface area (TPSA) is 112 Å². The fourth-order valence-corrected chi connectivity index (χ4v) is 4.05. The molecule has 9 heteroatoms. The third kappa shape index (κ3) is 4.32. The number of hydrogen-bond acceptors (Lipinski definition) is 7. The van der Waals surface area contributed by atoms with E-state index in [1.54, 1.807) is 32.4 Å². The minimum Gasteiger partial charge on any atom is -0.497 e. The molecule has 4 N–H and O–H groups in total. The molecule has 0 bridgehead atoms. The molecule has 0 atom stereocenters. The molecule has 2 amide bonds. The summed E-state index contributed by atoms with van der Waals surface area (Å²) in [5.74, 6) is 0.382. The lowest BCUT2D eigenvalue weighted by Gasteiger charge is -2.12. The normalized spacial score (nSPS) is 12.8. The summed E-state index contributed by atoms with van der Waals surface area (Å²) < 4.78 is 15.8. The van der Waals surface area contributed by atoms with Crippen molar-refractivity contribution in [2.45, 2.75) is 13.0 Å². The summed E-state index contributed by atoms with van der Waals surface area (Å²) in [6.07, 6.45) is 0.613. The molecule has 1 aromatic carbocycles. The van der Waals surface area contributed by atoms with Crippen LogP contribution in [0.3, 0.4) is 0 Å². The number of fused-ring (bicyclic) bond motifs is 1. The van der Waals surface area contributed by atoms with Crippen LogP contribution in [0.1, 0.15) is 20.8 Å². The first-order chi connectivity index (χ1) is 13.0. The minimum absolute atomic E-state index is 0.00753. The van der Waals surface area contributed by atoms with E-state index in [0.717, 1.165) is 10.4 Å². The van der Waals surface area contributed by atoms with E-state index in [9.17, 15) is 9.59 Å². The van der Waals surface area contributed by atoms with Crippen LogP contribution in [0.25, 0.3) is 0 Å². The second kappa shape index (κ2) is 8.28. The van der Waals surface area contributed by atoms with Gasteiger partial charge in [0.2, 0.25) is 5.91 Å². The molecule has 2 aromatic rings. The van der Waals surface area contributed by atoms with Crippen LogP contribution in [-0.4, -0.2) is 39.2 Å². The highest BCUT2D eigenvalue weighted by Crippen LogP contribution is 2.36. The van der Waals surface area contributed by atoms with Crippen molar-refractivity contribution in [3.05, 3.63) is 34.2 Å². The summed E-state index contributed by atoms with van der Waals surface area (Å²) in [7, 11) is 3.11. The number of anilines is 2. The van der Waals surface area contributed by atoms with Crippen LogP contribution in [0.2, 0.25) is 0 Å². The first kappa shape index (κ1) is 19.0. The maximum absolute atomic E-state index is 12.4. The summed E-state index contributed by atoms with van der Waals surface area (Å²) >= 11 is 1.33. The molecule has 0 saturated carbocycles. The van der Waals surface area contributed by atoms with E-state index in [4.69, 9.17) is 19.9 Å². The van der Waals surface area contributed by atoms with Crippen LogP contribution < -0.4 is 25.8 Å². The standard InChI is InChI=1S/C18H21N3O5S/c1-24-11-5-10(6-12(7-11)25-2)20-8-15(22)21-18-16(17(19)23)13-3-4-26-9-14(13)27-18/h5-7,20H,3-4,8-9H2,1-2H3,(H2,19,23)(H,21,22). The zero-order chi connectivity index (χ0) is 19.4. The van der Waals surface area contributed by atoms with Gasteiger partial charge in [0.1, 0.15) is 16.5 Å². The summed E-state index contributed by atoms with van der Waals surface area (Å²) in [4.78, 5) is 25.1. The van der Waals surface area contributed by atoms with E-state index in [1.165, 1.54) is 11.3 Å². The Morgan fingerprint density at radius 1 is 1.22 bits per heavy atom. The summed E-state index contributed by atoms with van der Waals surface area (Å²) in [5.41, 5.74) is 7.45. The molecule has 0 saturated heterocycles. The van der Waals surface area contributed by atoms with Crippen LogP contribution in [0.5, 0.6) is 11.5 Å². The lowest BCUT2D eigenvalue weighted by molar-refractivity contribution is -0.114. The largest absolute Gasteiger partial charge is 0.497 e. The number of primary amides is 1. The Morgan fingerprint density at radius 2 is 1.93 bits per heavy atom. The highest BCUT2D eigenvalue weighted by molar-refractivity contribution is 7.17. The van der Waals surface area contributed by atoms with Gasteiger partial charge in [-0.05, 0) is 12.0 Å². The number of amides is 2. The molecule has 1 aliphatic rings. The van der Waals surface area contributed by atoms with Gasteiger partial charge in [0.25, 0.3) is 5.91 Å². The molecule has 1 aliphatic heterocycles. The molecular formula is C18H21N3O5S. The number of rotatable bonds is 7. The molecular weight excluding hydrogens is 370 g/mol. The number of nitrogens with one attached hydrogen (secondary N) is 2. The van der Waals surface area contributed by atoms with Crippen LogP contribution in [0.4, 0.5) is 10.7 Å². The molecule has 0 fully saturated rings. The monoisotopic (exact) mass is 391 g/mol. The molecule has 0 radical (unpaired) electrons. The molecule has 1 aromatic heterocycles. The Kier molecular flexibility index (Phi) is 5.82. The fourth-order valence-electron chi connectivity index (χ4n) is 2.84. The Labute approximate surface area is 160 Å². The predicted molar refractivity (Wildman–Crippen MR) is 103 cm³/mol. The van der Waals surface area contributed by atoms with Gasteiger partial charge in [-0.2, -0.15) is 0 Å². The molecule has 8 nitrogen and oxygen atoms in total. The van der Waals surface area contributed by atoms with Crippen LogP contribution in [0, 0.1) is 0 Å². The van der Waals surface area contributed by atoms with Crippen LogP contribution in [-0.2, 0) is 22.6 Å². The maximum Gasteiger partial charge on any atom is 0.251 e. The van der Waals surface area contributed by atoms with E-state index >= 15 is 0 Å². The second-order valence-electron chi connectivity index (χ2n) is 5.88. The van der Waals surface area contributed by atoms with Gasteiger partial charge in [0, 0.05) is 28.8 Å². The Morgan fingerprint density at radius 3 is 2.56 bits per heavy atom. The summed E-state index contributed by atoms with van der Waals surface area (Å²) in [6.45, 7) is 0.974. The van der Waals surface area contributed by atoms with Crippen molar-refractivity contribution >= 4 is 33.8 Å². The summed E-state index contributed by atoms with van der Waals surface area (Å²) in [5, 5.41) is 6.26. The lowest BCUT2D eigenvalue weighted by atomic mass is 10.1. The van der Waals surface area contributed by atoms with Gasteiger partial charge in [-0.1, -0.05) is 0 Å². The Bertz CT molecular complexity index is 843. The first-order valence-corrected chi connectivity index (χ1v) is 9.12. The second-order valence-corrected chi connectivity index (χ2v) is 6.98. The average molecular weight is 391 g/mol. The van der Waals surface area contributed by atoms with Gasteiger partial charge in [-0.3, -0.25) is 9.59 Å². The molecule has 2 heterocycles. The Balaban J connectivity index is 1.70. The van der Waals surface area contributed by atoms with Crippen molar-refractivity contribution in [2.75, 3.05) is 38.0 Å². The third-order valence-corrected chi connectivity index (χ3v) is 5.25. The van der Waals surface area contributed by atoms with E-state index < -0.39 is 5.91 Å². The van der Waals surface area contributed by atoms with E-state index in [-0.39, 0.29) is 12.5 Å². The highest BCUT2D eigenvalue weighted by Gasteiger charge is 2.25.